The van der Waals surface area contributed by atoms with Gasteiger partial charge in [0, 0.05) is 0 Å². The lowest BCUT2D eigenvalue weighted by Crippen LogP contribution is -2.34. The Morgan fingerprint density at radius 2 is 1.54 bits per heavy atom. The molecule has 136 valence electrons. The van der Waals surface area contributed by atoms with Crippen molar-refractivity contribution in [2.75, 3.05) is 0 Å². The molecule has 0 radical (unpaired) electrons. The molecular weight excluding hydrogens is 328 g/mol. The van der Waals surface area contributed by atoms with Crippen LogP contribution >= 0.6 is 0 Å². The number of ether oxygens (including phenoxy) is 1. The molecule has 0 aliphatic heterocycles. The van der Waals surface area contributed by atoms with Crippen molar-refractivity contribution in [1.29, 1.82) is 0 Å². The van der Waals surface area contributed by atoms with E-state index in [-0.39, 0.29) is 22.1 Å². The number of benzene rings is 2. The highest BCUT2D eigenvalue weighted by molar-refractivity contribution is 5.95. The third-order valence-electron chi connectivity index (χ3n) is 5.41. The predicted octanol–water partition coefficient (Wildman–Crippen LogP) is 4.95. The molecule has 0 fully saturated rings. The maximum atomic E-state index is 12.6. The first-order chi connectivity index (χ1) is 12.1. The Kier molecular flexibility index (Phi) is 4.39. The van der Waals surface area contributed by atoms with E-state index in [1.807, 2.05) is 12.1 Å². The van der Waals surface area contributed by atoms with Crippen LogP contribution in [0.1, 0.15) is 72.4 Å². The number of carbonyl (C=O) groups excluding carboxylic acids is 1. The van der Waals surface area contributed by atoms with Gasteiger partial charge in [-0.3, -0.25) is 0 Å². The van der Waals surface area contributed by atoms with Crippen molar-refractivity contribution < 1.29 is 19.4 Å². The van der Waals surface area contributed by atoms with E-state index in [4.69, 9.17) is 4.74 Å². The van der Waals surface area contributed by atoms with Crippen LogP contribution in [0.4, 0.5) is 0 Å². The number of carboxylic acid groups (broad SMARTS) is 1. The summed E-state index contributed by atoms with van der Waals surface area (Å²) in [7, 11) is 0. The Balaban J connectivity index is 1.96. The second kappa shape index (κ2) is 6.27. The Morgan fingerprint density at radius 1 is 0.923 bits per heavy atom. The first-order valence-corrected chi connectivity index (χ1v) is 8.81. The first kappa shape index (κ1) is 18.2. The SMILES string of the molecule is CC1(C)CCC(C)(C)c2cc(C(=O)Oc3ccccc3C(=O)O)ccc21. The molecule has 2 aromatic rings. The first-order valence-electron chi connectivity index (χ1n) is 8.81. The average Bonchev–Trinajstić information content (AvgIpc) is 2.59. The summed E-state index contributed by atoms with van der Waals surface area (Å²) in [5.74, 6) is -1.61. The molecular formula is C22H24O4. The zero-order chi connectivity index (χ0) is 19.1. The van der Waals surface area contributed by atoms with Gasteiger partial charge in [0.1, 0.15) is 11.3 Å². The highest BCUT2D eigenvalue weighted by atomic mass is 16.5. The van der Waals surface area contributed by atoms with E-state index in [0.29, 0.717) is 5.56 Å². The molecule has 26 heavy (non-hydrogen) atoms. The van der Waals surface area contributed by atoms with Crippen LogP contribution in [0.25, 0.3) is 0 Å². The van der Waals surface area contributed by atoms with Crippen molar-refractivity contribution in [3.05, 3.63) is 64.7 Å². The summed E-state index contributed by atoms with van der Waals surface area (Å²) in [6.45, 7) is 8.83. The highest BCUT2D eigenvalue weighted by Gasteiger charge is 2.37. The van der Waals surface area contributed by atoms with Gasteiger partial charge in [0.25, 0.3) is 0 Å². The van der Waals surface area contributed by atoms with Crippen LogP contribution in [0.2, 0.25) is 0 Å². The lowest BCUT2D eigenvalue weighted by molar-refractivity contribution is 0.0681. The van der Waals surface area contributed by atoms with Crippen molar-refractivity contribution in [2.24, 2.45) is 0 Å². The number of aromatic carboxylic acids is 1. The highest BCUT2D eigenvalue weighted by Crippen LogP contribution is 2.45. The Bertz CT molecular complexity index is 877. The molecule has 4 nitrogen and oxygen atoms in total. The predicted molar refractivity (Wildman–Crippen MR) is 100 cm³/mol. The number of fused-ring (bicyclic) bond motifs is 1. The average molecular weight is 352 g/mol. The summed E-state index contributed by atoms with van der Waals surface area (Å²) < 4.78 is 5.38. The number of hydrogen-bond donors (Lipinski definition) is 1. The van der Waals surface area contributed by atoms with E-state index in [9.17, 15) is 14.7 Å². The summed E-state index contributed by atoms with van der Waals surface area (Å²) in [5.41, 5.74) is 2.89. The number of rotatable bonds is 3. The fourth-order valence-corrected chi connectivity index (χ4v) is 3.61. The number of para-hydroxylation sites is 1. The number of esters is 1. The van der Waals surface area contributed by atoms with Gasteiger partial charge in [-0.2, -0.15) is 0 Å². The molecule has 0 atom stereocenters. The van der Waals surface area contributed by atoms with Gasteiger partial charge in [0.15, 0.2) is 0 Å². The van der Waals surface area contributed by atoms with Crippen molar-refractivity contribution in [2.45, 2.75) is 51.4 Å². The van der Waals surface area contributed by atoms with Gasteiger partial charge in [-0.25, -0.2) is 9.59 Å². The second-order valence-electron chi connectivity index (χ2n) is 8.22. The van der Waals surface area contributed by atoms with Crippen LogP contribution < -0.4 is 4.74 Å². The smallest absolute Gasteiger partial charge is 0.343 e. The standard InChI is InChI=1S/C22H24O4/c1-21(2)11-12-22(3,4)17-13-14(9-10-16(17)21)20(25)26-18-8-6-5-7-15(18)19(23)24/h5-10,13H,11-12H2,1-4H3,(H,23,24). The molecule has 0 amide bonds. The van der Waals surface area contributed by atoms with E-state index < -0.39 is 11.9 Å². The van der Waals surface area contributed by atoms with Crippen LogP contribution in [0.15, 0.2) is 42.5 Å². The molecule has 1 aliphatic rings. The Labute approximate surface area is 153 Å². The minimum atomic E-state index is -1.12. The molecule has 2 aromatic carbocycles. The maximum absolute atomic E-state index is 12.6. The van der Waals surface area contributed by atoms with E-state index in [0.717, 1.165) is 18.4 Å². The largest absolute Gasteiger partial charge is 0.478 e. The summed E-state index contributed by atoms with van der Waals surface area (Å²) in [6, 6.07) is 11.8. The van der Waals surface area contributed by atoms with E-state index in [1.165, 1.54) is 17.7 Å². The lowest BCUT2D eigenvalue weighted by atomic mass is 9.63. The van der Waals surface area contributed by atoms with Gasteiger partial charge in [0.2, 0.25) is 0 Å². The fourth-order valence-electron chi connectivity index (χ4n) is 3.61. The van der Waals surface area contributed by atoms with Gasteiger partial charge in [-0.1, -0.05) is 45.9 Å². The van der Waals surface area contributed by atoms with Crippen molar-refractivity contribution in [3.63, 3.8) is 0 Å². The molecule has 0 heterocycles. The van der Waals surface area contributed by atoms with Crippen molar-refractivity contribution >= 4 is 11.9 Å². The quantitative estimate of drug-likeness (QED) is 0.627. The molecule has 0 saturated carbocycles. The molecule has 4 heteroatoms. The van der Waals surface area contributed by atoms with Crippen molar-refractivity contribution in [3.8, 4) is 5.75 Å². The summed E-state index contributed by atoms with van der Waals surface area (Å²) in [4.78, 5) is 23.9. The Morgan fingerprint density at radius 3 is 2.19 bits per heavy atom. The summed E-state index contributed by atoms with van der Waals surface area (Å²) >= 11 is 0. The minimum absolute atomic E-state index is 0.0138. The number of hydrogen-bond acceptors (Lipinski definition) is 3. The molecule has 3 rings (SSSR count). The normalized spacial score (nSPS) is 17.2. The Hall–Kier alpha value is -2.62. The van der Waals surface area contributed by atoms with E-state index in [1.54, 1.807) is 18.2 Å². The number of carboxylic acids is 1. The molecule has 1 N–H and O–H groups in total. The van der Waals surface area contributed by atoms with Crippen LogP contribution in [0, 0.1) is 0 Å². The van der Waals surface area contributed by atoms with Gasteiger partial charge in [0.05, 0.1) is 5.56 Å². The molecule has 0 bridgehead atoms. The van der Waals surface area contributed by atoms with Crippen LogP contribution in [-0.4, -0.2) is 17.0 Å². The summed E-state index contributed by atoms with van der Waals surface area (Å²) in [6.07, 6.45) is 2.15. The van der Waals surface area contributed by atoms with Gasteiger partial charge in [-0.15, -0.1) is 0 Å². The molecule has 0 spiro atoms. The summed E-state index contributed by atoms with van der Waals surface area (Å²) in [5, 5.41) is 9.24. The van der Waals surface area contributed by atoms with Crippen LogP contribution in [0.3, 0.4) is 0 Å². The van der Waals surface area contributed by atoms with Crippen LogP contribution in [-0.2, 0) is 10.8 Å². The fraction of sp³-hybridized carbons (Fsp3) is 0.364. The van der Waals surface area contributed by atoms with Gasteiger partial charge in [-0.05, 0) is 59.1 Å². The van der Waals surface area contributed by atoms with Crippen LogP contribution in [0.5, 0.6) is 5.75 Å². The minimum Gasteiger partial charge on any atom is -0.478 e. The molecule has 0 saturated heterocycles. The van der Waals surface area contributed by atoms with E-state index in [2.05, 4.69) is 27.7 Å². The maximum Gasteiger partial charge on any atom is 0.343 e. The van der Waals surface area contributed by atoms with Crippen molar-refractivity contribution in [1.82, 2.24) is 0 Å². The van der Waals surface area contributed by atoms with Gasteiger partial charge < -0.3 is 9.84 Å². The number of carbonyl (C=O) groups is 2. The van der Waals surface area contributed by atoms with Gasteiger partial charge >= 0.3 is 11.9 Å². The third kappa shape index (κ3) is 3.24. The lowest BCUT2D eigenvalue weighted by Gasteiger charge is -2.41. The molecule has 1 aliphatic carbocycles. The topological polar surface area (TPSA) is 63.6 Å². The van der Waals surface area contributed by atoms with E-state index >= 15 is 0 Å². The zero-order valence-electron chi connectivity index (χ0n) is 15.6. The monoisotopic (exact) mass is 352 g/mol. The zero-order valence-corrected chi connectivity index (χ0v) is 15.6. The second-order valence-corrected chi connectivity index (χ2v) is 8.22. The molecule has 0 unspecified atom stereocenters. The third-order valence-corrected chi connectivity index (χ3v) is 5.41. The molecule has 0 aromatic heterocycles.